The van der Waals surface area contributed by atoms with Crippen LogP contribution in [-0.2, 0) is 0 Å². The number of amides is 1. The van der Waals surface area contributed by atoms with Crippen LogP contribution in [0.15, 0.2) is 18.2 Å². The van der Waals surface area contributed by atoms with Crippen LogP contribution < -0.4 is 0 Å². The summed E-state index contributed by atoms with van der Waals surface area (Å²) < 4.78 is 0. The molecule has 1 aromatic rings. The number of alkyl halides is 1. The molecular formula is C14H17Cl2NO. The number of benzene rings is 1. The summed E-state index contributed by atoms with van der Waals surface area (Å²) in [4.78, 5) is 14.2. The van der Waals surface area contributed by atoms with Gasteiger partial charge in [0.15, 0.2) is 0 Å². The molecule has 2 nitrogen and oxygen atoms in total. The molecule has 98 valence electrons. The Kier molecular flexibility index (Phi) is 4.18. The molecule has 1 fully saturated rings. The second-order valence-electron chi connectivity index (χ2n) is 5.02. The highest BCUT2D eigenvalue weighted by atomic mass is 35.5. The first kappa shape index (κ1) is 13.7. The lowest BCUT2D eigenvalue weighted by molar-refractivity contribution is 0.0687. The van der Waals surface area contributed by atoms with Crippen LogP contribution >= 0.6 is 23.2 Å². The average molecular weight is 286 g/mol. The molecule has 1 heterocycles. The second kappa shape index (κ2) is 5.50. The average Bonchev–Trinajstić information content (AvgIpc) is 2.32. The van der Waals surface area contributed by atoms with Gasteiger partial charge in [0.2, 0.25) is 0 Å². The molecule has 4 heteroatoms. The van der Waals surface area contributed by atoms with Crippen LogP contribution in [0, 0.1) is 12.8 Å². The predicted octanol–water partition coefficient (Wildman–Crippen LogP) is 3.74. The smallest absolute Gasteiger partial charge is 0.255 e. The summed E-state index contributed by atoms with van der Waals surface area (Å²) in [5.74, 6) is 0.337. The number of likely N-dealkylation sites (tertiary alicyclic amines) is 1. The summed E-state index contributed by atoms with van der Waals surface area (Å²) in [6.45, 7) is 5.45. The standard InChI is InChI=1S/C14H17Cl2NO/c1-9-3-4-11(13(16)7-9)14(18)17-6-5-12(15)10(2)8-17/h3-4,7,10,12H,5-6,8H2,1-2H3. The van der Waals surface area contributed by atoms with Crippen LogP contribution in [0.25, 0.3) is 0 Å². The van der Waals surface area contributed by atoms with E-state index in [9.17, 15) is 4.79 Å². The number of carbonyl (C=O) groups is 1. The number of halogens is 2. The minimum absolute atomic E-state index is 0.00965. The van der Waals surface area contributed by atoms with Crippen LogP contribution in [0.1, 0.15) is 29.3 Å². The van der Waals surface area contributed by atoms with Crippen molar-refractivity contribution in [3.8, 4) is 0 Å². The molecule has 0 bridgehead atoms. The molecule has 1 aliphatic heterocycles. The molecule has 1 aromatic carbocycles. The second-order valence-corrected chi connectivity index (χ2v) is 5.98. The number of aryl methyl sites for hydroxylation is 1. The van der Waals surface area contributed by atoms with Crippen LogP contribution in [0.4, 0.5) is 0 Å². The highest BCUT2D eigenvalue weighted by molar-refractivity contribution is 6.33. The van der Waals surface area contributed by atoms with Gasteiger partial charge < -0.3 is 4.90 Å². The van der Waals surface area contributed by atoms with E-state index in [1.54, 1.807) is 6.07 Å². The minimum Gasteiger partial charge on any atom is -0.338 e. The van der Waals surface area contributed by atoms with E-state index in [0.29, 0.717) is 29.6 Å². The third-order valence-corrected chi connectivity index (χ3v) is 4.40. The molecule has 1 saturated heterocycles. The quantitative estimate of drug-likeness (QED) is 0.720. The normalized spacial score (nSPS) is 24.1. The number of rotatable bonds is 1. The fourth-order valence-electron chi connectivity index (χ4n) is 2.27. The molecule has 0 aliphatic carbocycles. The third-order valence-electron chi connectivity index (χ3n) is 3.44. The first-order valence-electron chi connectivity index (χ1n) is 6.18. The lowest BCUT2D eigenvalue weighted by atomic mass is 9.98. The molecule has 0 spiro atoms. The van der Waals surface area contributed by atoms with E-state index in [1.165, 1.54) is 0 Å². The molecule has 1 amide bonds. The van der Waals surface area contributed by atoms with Gasteiger partial charge in [-0.15, -0.1) is 11.6 Å². The fraction of sp³-hybridized carbons (Fsp3) is 0.500. The summed E-state index contributed by atoms with van der Waals surface area (Å²) in [7, 11) is 0. The molecule has 0 aromatic heterocycles. The van der Waals surface area contributed by atoms with Crippen molar-refractivity contribution in [2.45, 2.75) is 25.6 Å². The van der Waals surface area contributed by atoms with Crippen molar-refractivity contribution in [1.29, 1.82) is 0 Å². The predicted molar refractivity (Wildman–Crippen MR) is 75.5 cm³/mol. The van der Waals surface area contributed by atoms with Crippen LogP contribution in [-0.4, -0.2) is 29.3 Å². The SMILES string of the molecule is Cc1ccc(C(=O)N2CCC(Cl)C(C)C2)c(Cl)c1. The lowest BCUT2D eigenvalue weighted by Crippen LogP contribution is -2.43. The van der Waals surface area contributed by atoms with Crippen molar-refractivity contribution in [1.82, 2.24) is 4.90 Å². The van der Waals surface area contributed by atoms with Gasteiger partial charge in [0.1, 0.15) is 0 Å². The highest BCUT2D eigenvalue weighted by Gasteiger charge is 2.28. The monoisotopic (exact) mass is 285 g/mol. The van der Waals surface area contributed by atoms with E-state index in [1.807, 2.05) is 24.0 Å². The zero-order valence-corrected chi connectivity index (χ0v) is 12.1. The maximum Gasteiger partial charge on any atom is 0.255 e. The lowest BCUT2D eigenvalue weighted by Gasteiger charge is -2.34. The number of piperidine rings is 1. The Balaban J connectivity index is 2.16. The Hall–Kier alpha value is -0.730. The molecule has 18 heavy (non-hydrogen) atoms. The molecule has 2 rings (SSSR count). The van der Waals surface area contributed by atoms with Gasteiger partial charge in [-0.25, -0.2) is 0 Å². The third kappa shape index (κ3) is 2.81. The van der Waals surface area contributed by atoms with Crippen LogP contribution in [0.2, 0.25) is 5.02 Å². The number of hydrogen-bond donors (Lipinski definition) is 0. The fourth-order valence-corrected chi connectivity index (χ4v) is 2.76. The number of hydrogen-bond acceptors (Lipinski definition) is 1. The molecule has 1 aliphatic rings. The van der Waals surface area contributed by atoms with Crippen molar-refractivity contribution >= 4 is 29.1 Å². The van der Waals surface area contributed by atoms with Gasteiger partial charge in [0.05, 0.1) is 10.6 Å². The molecule has 2 atom stereocenters. The van der Waals surface area contributed by atoms with Crippen LogP contribution in [0.5, 0.6) is 0 Å². The zero-order chi connectivity index (χ0) is 13.3. The van der Waals surface area contributed by atoms with E-state index in [-0.39, 0.29) is 11.3 Å². The Morgan fingerprint density at radius 1 is 1.44 bits per heavy atom. The van der Waals surface area contributed by atoms with Gasteiger partial charge in [-0.1, -0.05) is 24.6 Å². The van der Waals surface area contributed by atoms with Crippen LogP contribution in [0.3, 0.4) is 0 Å². The summed E-state index contributed by atoms with van der Waals surface area (Å²) in [5.41, 5.74) is 1.65. The van der Waals surface area contributed by atoms with E-state index < -0.39 is 0 Å². The van der Waals surface area contributed by atoms with E-state index in [2.05, 4.69) is 6.92 Å². The minimum atomic E-state index is 0.00965. The van der Waals surface area contributed by atoms with Gasteiger partial charge in [0, 0.05) is 18.5 Å². The molecule has 2 unspecified atom stereocenters. The topological polar surface area (TPSA) is 20.3 Å². The molecule has 0 N–H and O–H groups in total. The Labute approximate surface area is 118 Å². The van der Waals surface area contributed by atoms with Gasteiger partial charge in [-0.2, -0.15) is 0 Å². The summed E-state index contributed by atoms with van der Waals surface area (Å²) >= 11 is 12.3. The summed E-state index contributed by atoms with van der Waals surface area (Å²) in [6.07, 6.45) is 0.845. The Bertz CT molecular complexity index is 461. The first-order valence-corrected chi connectivity index (χ1v) is 7.00. The van der Waals surface area contributed by atoms with Gasteiger partial charge in [0.25, 0.3) is 5.91 Å². The van der Waals surface area contributed by atoms with Gasteiger partial charge in [-0.3, -0.25) is 4.79 Å². The van der Waals surface area contributed by atoms with Crippen molar-refractivity contribution in [2.24, 2.45) is 5.92 Å². The van der Waals surface area contributed by atoms with Crippen molar-refractivity contribution in [2.75, 3.05) is 13.1 Å². The maximum absolute atomic E-state index is 12.4. The Morgan fingerprint density at radius 3 is 2.78 bits per heavy atom. The largest absolute Gasteiger partial charge is 0.338 e. The maximum atomic E-state index is 12.4. The number of nitrogens with zero attached hydrogens (tertiary/aromatic N) is 1. The highest BCUT2D eigenvalue weighted by Crippen LogP contribution is 2.25. The van der Waals surface area contributed by atoms with E-state index >= 15 is 0 Å². The van der Waals surface area contributed by atoms with E-state index in [0.717, 1.165) is 12.0 Å². The Morgan fingerprint density at radius 2 is 2.17 bits per heavy atom. The summed E-state index contributed by atoms with van der Waals surface area (Å²) in [5, 5.41) is 0.697. The van der Waals surface area contributed by atoms with Crippen molar-refractivity contribution in [3.63, 3.8) is 0 Å². The molecular weight excluding hydrogens is 269 g/mol. The molecule has 0 saturated carbocycles. The zero-order valence-electron chi connectivity index (χ0n) is 10.6. The van der Waals surface area contributed by atoms with Gasteiger partial charge >= 0.3 is 0 Å². The molecule has 0 radical (unpaired) electrons. The number of carbonyl (C=O) groups excluding carboxylic acids is 1. The first-order chi connectivity index (χ1) is 8.49. The van der Waals surface area contributed by atoms with Gasteiger partial charge in [-0.05, 0) is 37.0 Å². The van der Waals surface area contributed by atoms with Crippen molar-refractivity contribution < 1.29 is 4.79 Å². The van der Waals surface area contributed by atoms with Crippen molar-refractivity contribution in [3.05, 3.63) is 34.3 Å². The summed E-state index contributed by atoms with van der Waals surface area (Å²) in [6, 6.07) is 5.54. The van der Waals surface area contributed by atoms with E-state index in [4.69, 9.17) is 23.2 Å².